The Labute approximate surface area is 233 Å². The molecule has 3 aromatic carbocycles. The highest BCUT2D eigenvalue weighted by Gasteiger charge is 2.21. The minimum atomic E-state index is -0.132. The van der Waals surface area contributed by atoms with Crippen molar-refractivity contribution >= 4 is 11.7 Å². The first-order valence-electron chi connectivity index (χ1n) is 13.9. The lowest BCUT2D eigenvalue weighted by molar-refractivity contribution is 0.186. The molecule has 39 heavy (non-hydrogen) atoms. The quantitative estimate of drug-likeness (QED) is 0.323. The second-order valence-corrected chi connectivity index (χ2v) is 10.2. The Morgan fingerprint density at radius 2 is 1.64 bits per heavy atom. The molecule has 1 aliphatic heterocycles. The maximum Gasteiger partial charge on any atom is 0.319 e. The monoisotopic (exact) mass is 530 g/mol. The molecule has 2 N–H and O–H groups in total. The number of carbonyl (C=O) groups is 1. The molecule has 1 aliphatic rings. The first-order chi connectivity index (χ1) is 19.1. The molecule has 0 aliphatic carbocycles. The zero-order valence-corrected chi connectivity index (χ0v) is 23.5. The van der Waals surface area contributed by atoms with Crippen LogP contribution in [0.2, 0.25) is 0 Å². The van der Waals surface area contributed by atoms with Gasteiger partial charge in [0.25, 0.3) is 0 Å². The highest BCUT2D eigenvalue weighted by atomic mass is 16.5. The van der Waals surface area contributed by atoms with Gasteiger partial charge >= 0.3 is 6.03 Å². The Morgan fingerprint density at radius 1 is 0.923 bits per heavy atom. The number of hydrogen-bond donors (Lipinski definition) is 2. The number of hydrogen-bond acceptors (Lipinski definition) is 5. The largest absolute Gasteiger partial charge is 0.493 e. The number of rotatable bonds is 12. The van der Waals surface area contributed by atoms with Crippen LogP contribution in [0, 0.1) is 0 Å². The maximum absolute atomic E-state index is 12.8. The number of amides is 2. The van der Waals surface area contributed by atoms with Gasteiger partial charge in [-0.1, -0.05) is 54.6 Å². The lowest BCUT2D eigenvalue weighted by atomic mass is 10.0. The van der Waals surface area contributed by atoms with Crippen LogP contribution in [0.5, 0.6) is 11.5 Å². The summed E-state index contributed by atoms with van der Waals surface area (Å²) in [6.07, 6.45) is 4.06. The van der Waals surface area contributed by atoms with E-state index in [9.17, 15) is 4.79 Å². The van der Waals surface area contributed by atoms with Crippen LogP contribution in [0.15, 0.2) is 72.8 Å². The van der Waals surface area contributed by atoms with Gasteiger partial charge in [-0.2, -0.15) is 0 Å². The van der Waals surface area contributed by atoms with Crippen molar-refractivity contribution in [2.75, 3.05) is 59.3 Å². The van der Waals surface area contributed by atoms with Crippen LogP contribution in [0.4, 0.5) is 10.5 Å². The van der Waals surface area contributed by atoms with Gasteiger partial charge in [0, 0.05) is 31.2 Å². The molecule has 0 radical (unpaired) electrons. The predicted octanol–water partition coefficient (Wildman–Crippen LogP) is 5.52. The molecular formula is C32H42N4O3. The maximum atomic E-state index is 12.8. The summed E-state index contributed by atoms with van der Waals surface area (Å²) in [5.74, 6) is 1.55. The van der Waals surface area contributed by atoms with E-state index in [1.165, 1.54) is 5.56 Å². The Balaban J connectivity index is 1.13. The van der Waals surface area contributed by atoms with Crippen LogP contribution in [0.3, 0.4) is 0 Å². The molecule has 1 fully saturated rings. The molecule has 0 aromatic heterocycles. The Bertz CT molecular complexity index is 1180. The van der Waals surface area contributed by atoms with Crippen molar-refractivity contribution in [3.63, 3.8) is 0 Å². The van der Waals surface area contributed by atoms with Gasteiger partial charge in [-0.25, -0.2) is 4.79 Å². The molecule has 0 spiro atoms. The van der Waals surface area contributed by atoms with Crippen molar-refractivity contribution in [3.8, 4) is 22.6 Å². The molecule has 2 amide bonds. The number of ether oxygens (including phenoxy) is 2. The minimum Gasteiger partial charge on any atom is -0.493 e. The van der Waals surface area contributed by atoms with Gasteiger partial charge in [-0.15, -0.1) is 0 Å². The van der Waals surface area contributed by atoms with Gasteiger partial charge in [0.15, 0.2) is 11.5 Å². The topological polar surface area (TPSA) is 66.1 Å². The van der Waals surface area contributed by atoms with Crippen molar-refractivity contribution < 1.29 is 14.3 Å². The molecule has 0 saturated carbocycles. The zero-order chi connectivity index (χ0) is 27.5. The molecule has 0 unspecified atom stereocenters. The number of methoxy groups -OCH3 is 2. The van der Waals surface area contributed by atoms with Gasteiger partial charge < -0.3 is 29.9 Å². The Kier molecular flexibility index (Phi) is 10.6. The zero-order valence-electron chi connectivity index (χ0n) is 23.5. The Morgan fingerprint density at radius 3 is 2.38 bits per heavy atom. The molecular weight excluding hydrogens is 488 g/mol. The van der Waals surface area contributed by atoms with E-state index in [-0.39, 0.29) is 12.1 Å². The summed E-state index contributed by atoms with van der Waals surface area (Å²) in [4.78, 5) is 17.7. The number of anilines is 1. The highest BCUT2D eigenvalue weighted by Crippen LogP contribution is 2.28. The van der Waals surface area contributed by atoms with Gasteiger partial charge in [-0.05, 0) is 75.1 Å². The lowest BCUT2D eigenvalue weighted by Crippen LogP contribution is -2.46. The molecule has 0 bridgehead atoms. The number of urea groups is 1. The summed E-state index contributed by atoms with van der Waals surface area (Å²) in [7, 11) is 5.52. The van der Waals surface area contributed by atoms with E-state index in [2.05, 4.69) is 51.7 Å². The second kappa shape index (κ2) is 14.6. The molecule has 4 rings (SSSR count). The van der Waals surface area contributed by atoms with Gasteiger partial charge in [0.05, 0.1) is 19.9 Å². The van der Waals surface area contributed by atoms with Crippen molar-refractivity contribution in [3.05, 3.63) is 78.4 Å². The van der Waals surface area contributed by atoms with E-state index in [1.807, 2.05) is 48.5 Å². The van der Waals surface area contributed by atoms with Gasteiger partial charge in [-0.3, -0.25) is 0 Å². The number of carbonyl (C=O) groups excluding carboxylic acids is 1. The Hall–Kier alpha value is -3.55. The number of nitrogens with zero attached hydrogens (tertiary/aromatic N) is 2. The summed E-state index contributed by atoms with van der Waals surface area (Å²) in [6.45, 7) is 5.19. The minimum absolute atomic E-state index is 0.132. The number of likely N-dealkylation sites (tertiary alicyclic amines) is 1. The summed E-state index contributed by atoms with van der Waals surface area (Å²) in [6, 6.07) is 24.3. The lowest BCUT2D eigenvalue weighted by Gasteiger charge is -2.32. The highest BCUT2D eigenvalue weighted by molar-refractivity contribution is 5.94. The molecule has 1 heterocycles. The van der Waals surface area contributed by atoms with Crippen molar-refractivity contribution in [2.45, 2.75) is 31.7 Å². The molecule has 7 heteroatoms. The molecule has 7 nitrogen and oxygen atoms in total. The average molecular weight is 531 g/mol. The summed E-state index contributed by atoms with van der Waals surface area (Å²) in [5.41, 5.74) is 4.20. The number of likely N-dealkylation sites (N-methyl/N-ethyl adjacent to an activating group) is 1. The average Bonchev–Trinajstić information content (AvgIpc) is 2.97. The van der Waals surface area contributed by atoms with Crippen LogP contribution in [-0.4, -0.2) is 75.9 Å². The first-order valence-corrected chi connectivity index (χ1v) is 13.9. The number of nitrogens with one attached hydrogen (secondary N) is 2. The van der Waals surface area contributed by atoms with E-state index >= 15 is 0 Å². The van der Waals surface area contributed by atoms with Crippen LogP contribution >= 0.6 is 0 Å². The van der Waals surface area contributed by atoms with Crippen LogP contribution in [-0.2, 0) is 6.42 Å². The van der Waals surface area contributed by atoms with E-state index in [0.29, 0.717) is 0 Å². The summed E-state index contributed by atoms with van der Waals surface area (Å²) >= 11 is 0. The third-order valence-electron chi connectivity index (χ3n) is 7.43. The van der Waals surface area contributed by atoms with Crippen molar-refractivity contribution in [2.24, 2.45) is 0 Å². The fraction of sp³-hybridized carbons (Fsp3) is 0.406. The third-order valence-corrected chi connectivity index (χ3v) is 7.43. The van der Waals surface area contributed by atoms with Crippen LogP contribution in [0.25, 0.3) is 11.1 Å². The molecule has 0 atom stereocenters. The number of para-hydroxylation sites is 1. The van der Waals surface area contributed by atoms with E-state index in [4.69, 9.17) is 9.47 Å². The first kappa shape index (κ1) is 28.5. The normalized spacial score (nSPS) is 14.3. The smallest absolute Gasteiger partial charge is 0.319 e. The SMILES string of the molecule is COc1ccc(CCN(C)CCCN2CCC(NC(=O)Nc3ccccc3-c3ccccc3)CC2)cc1OC. The molecule has 1 saturated heterocycles. The van der Waals surface area contributed by atoms with E-state index in [1.54, 1.807) is 14.2 Å². The molecule has 208 valence electrons. The predicted molar refractivity (Wildman–Crippen MR) is 159 cm³/mol. The van der Waals surface area contributed by atoms with Crippen molar-refractivity contribution in [1.29, 1.82) is 0 Å². The summed E-state index contributed by atoms with van der Waals surface area (Å²) < 4.78 is 10.8. The van der Waals surface area contributed by atoms with Crippen LogP contribution < -0.4 is 20.1 Å². The number of piperidine rings is 1. The van der Waals surface area contributed by atoms with Crippen LogP contribution in [0.1, 0.15) is 24.8 Å². The summed E-state index contributed by atoms with van der Waals surface area (Å²) in [5, 5.41) is 6.25. The standard InChI is InChI=1S/C32H42N4O3/c1-35(21-16-25-14-15-30(38-2)31(24-25)39-3)19-9-20-36-22-17-27(18-23-36)33-32(37)34-29-13-8-7-12-28(29)26-10-5-4-6-11-26/h4-8,10-15,24,27H,9,16-23H2,1-3H3,(H2,33,34,37). The van der Waals surface area contributed by atoms with E-state index < -0.39 is 0 Å². The van der Waals surface area contributed by atoms with Gasteiger partial charge in [0.2, 0.25) is 0 Å². The van der Waals surface area contributed by atoms with Gasteiger partial charge in [0.1, 0.15) is 0 Å². The third kappa shape index (κ3) is 8.47. The fourth-order valence-electron chi connectivity index (χ4n) is 5.14. The molecule has 3 aromatic rings. The fourth-order valence-corrected chi connectivity index (χ4v) is 5.14. The van der Waals surface area contributed by atoms with E-state index in [0.717, 1.165) is 86.7 Å². The second-order valence-electron chi connectivity index (χ2n) is 10.2. The van der Waals surface area contributed by atoms with Crippen molar-refractivity contribution in [1.82, 2.24) is 15.1 Å². The number of benzene rings is 3.